The molecular formula is C22H17ClF5N3O2. The maximum Gasteiger partial charge on any atom is 0.435 e. The number of carbonyl (C=O) groups is 1. The molecule has 0 radical (unpaired) electrons. The fraction of sp³-hybridized carbons (Fsp3) is 0.409. The first-order valence-corrected chi connectivity index (χ1v) is 10.6. The SMILES string of the molecule is O=C(C1CC1)N1CC(F)(c2ccc(C3=NOC(c4ccc(F)c(Cl)c4)(C(F)(F)F)C3)cn2)C1. The van der Waals surface area contributed by atoms with E-state index in [2.05, 4.69) is 10.1 Å². The largest absolute Gasteiger partial charge is 0.435 e. The van der Waals surface area contributed by atoms with Gasteiger partial charge in [0.05, 0.1) is 35.9 Å². The Balaban J connectivity index is 1.34. The van der Waals surface area contributed by atoms with Gasteiger partial charge in [-0.15, -0.1) is 0 Å². The number of halogens is 6. The molecule has 3 heterocycles. The van der Waals surface area contributed by atoms with Crippen molar-refractivity contribution in [3.8, 4) is 0 Å². The third-order valence-corrected chi connectivity index (χ3v) is 6.54. The van der Waals surface area contributed by atoms with Gasteiger partial charge in [-0.05, 0) is 37.1 Å². The van der Waals surface area contributed by atoms with Crippen LogP contribution in [-0.2, 0) is 20.9 Å². The van der Waals surface area contributed by atoms with Crippen molar-refractivity contribution in [3.63, 3.8) is 0 Å². The first-order valence-electron chi connectivity index (χ1n) is 10.2. The highest BCUT2D eigenvalue weighted by Crippen LogP contribution is 2.49. The van der Waals surface area contributed by atoms with Gasteiger partial charge in [-0.25, -0.2) is 8.78 Å². The lowest BCUT2D eigenvalue weighted by Crippen LogP contribution is -2.59. The van der Waals surface area contributed by atoms with Crippen molar-refractivity contribution in [2.45, 2.75) is 36.7 Å². The molecular weight excluding hydrogens is 469 g/mol. The van der Waals surface area contributed by atoms with E-state index in [1.807, 2.05) is 0 Å². The van der Waals surface area contributed by atoms with Crippen LogP contribution in [0.1, 0.15) is 36.1 Å². The van der Waals surface area contributed by atoms with Crippen LogP contribution in [0.5, 0.6) is 0 Å². The van der Waals surface area contributed by atoms with E-state index < -0.39 is 34.7 Å². The van der Waals surface area contributed by atoms with Gasteiger partial charge in [0, 0.05) is 23.2 Å². The lowest BCUT2D eigenvalue weighted by atomic mass is 9.86. The fourth-order valence-electron chi connectivity index (χ4n) is 4.10. The third-order valence-electron chi connectivity index (χ3n) is 6.25. The Morgan fingerprint density at radius 2 is 1.91 bits per heavy atom. The van der Waals surface area contributed by atoms with E-state index in [9.17, 15) is 22.4 Å². The Hall–Kier alpha value is -2.75. The van der Waals surface area contributed by atoms with Gasteiger partial charge >= 0.3 is 6.18 Å². The van der Waals surface area contributed by atoms with Crippen molar-refractivity contribution in [1.29, 1.82) is 0 Å². The minimum atomic E-state index is -4.88. The number of likely N-dealkylation sites (tertiary alicyclic amines) is 1. The molecule has 1 aromatic carbocycles. The van der Waals surface area contributed by atoms with Crippen LogP contribution in [0.4, 0.5) is 22.0 Å². The van der Waals surface area contributed by atoms with Crippen molar-refractivity contribution in [2.75, 3.05) is 13.1 Å². The quantitative estimate of drug-likeness (QED) is 0.580. The molecule has 2 fully saturated rings. The van der Waals surface area contributed by atoms with Gasteiger partial charge in [-0.2, -0.15) is 13.2 Å². The fourth-order valence-corrected chi connectivity index (χ4v) is 4.28. The van der Waals surface area contributed by atoms with E-state index in [0.29, 0.717) is 0 Å². The normalized spacial score (nSPS) is 24.2. The van der Waals surface area contributed by atoms with E-state index in [1.54, 1.807) is 0 Å². The smallest absolute Gasteiger partial charge is 0.374 e. The Bertz CT molecular complexity index is 1140. The summed E-state index contributed by atoms with van der Waals surface area (Å²) in [7, 11) is 0. The van der Waals surface area contributed by atoms with Crippen LogP contribution < -0.4 is 0 Å². The third kappa shape index (κ3) is 3.64. The molecule has 0 N–H and O–H groups in total. The maximum atomic E-state index is 15.1. The second-order valence-electron chi connectivity index (χ2n) is 8.63. The molecule has 33 heavy (non-hydrogen) atoms. The number of nitrogens with zero attached hydrogens (tertiary/aromatic N) is 3. The predicted octanol–water partition coefficient (Wildman–Crippen LogP) is 4.87. The van der Waals surface area contributed by atoms with Crippen LogP contribution >= 0.6 is 11.6 Å². The molecule has 0 spiro atoms. The van der Waals surface area contributed by atoms with Crippen LogP contribution in [-0.4, -0.2) is 40.8 Å². The van der Waals surface area contributed by atoms with E-state index in [-0.39, 0.29) is 47.4 Å². The number of oxime groups is 1. The number of alkyl halides is 4. The monoisotopic (exact) mass is 485 g/mol. The van der Waals surface area contributed by atoms with Crippen LogP contribution in [0.2, 0.25) is 5.02 Å². The molecule has 1 aliphatic carbocycles. The molecule has 1 atom stereocenters. The van der Waals surface area contributed by atoms with Crippen LogP contribution in [0.3, 0.4) is 0 Å². The summed E-state index contributed by atoms with van der Waals surface area (Å²) in [4.78, 5) is 22.4. The molecule has 2 aliphatic heterocycles. The minimum absolute atomic E-state index is 0.00449. The minimum Gasteiger partial charge on any atom is -0.374 e. The number of hydrogen-bond donors (Lipinski definition) is 0. The number of amides is 1. The number of aromatic nitrogens is 1. The summed E-state index contributed by atoms with van der Waals surface area (Å²) in [5.41, 5.74) is -4.74. The molecule has 174 valence electrons. The van der Waals surface area contributed by atoms with E-state index >= 15 is 4.39 Å². The van der Waals surface area contributed by atoms with Gasteiger partial charge in [0.25, 0.3) is 5.60 Å². The van der Waals surface area contributed by atoms with Gasteiger partial charge in [0.2, 0.25) is 5.91 Å². The highest BCUT2D eigenvalue weighted by atomic mass is 35.5. The topological polar surface area (TPSA) is 54.8 Å². The number of benzene rings is 1. The predicted molar refractivity (Wildman–Crippen MR) is 108 cm³/mol. The van der Waals surface area contributed by atoms with Crippen molar-refractivity contribution >= 4 is 23.2 Å². The van der Waals surface area contributed by atoms with E-state index in [4.69, 9.17) is 16.4 Å². The van der Waals surface area contributed by atoms with Gasteiger partial charge in [-0.1, -0.05) is 22.8 Å². The molecule has 3 aliphatic rings. The van der Waals surface area contributed by atoms with E-state index in [0.717, 1.165) is 31.0 Å². The number of hydrogen-bond acceptors (Lipinski definition) is 4. The lowest BCUT2D eigenvalue weighted by molar-refractivity contribution is -0.275. The number of rotatable bonds is 4. The zero-order valence-corrected chi connectivity index (χ0v) is 17.8. The van der Waals surface area contributed by atoms with Gasteiger partial charge in [0.1, 0.15) is 5.82 Å². The van der Waals surface area contributed by atoms with Gasteiger partial charge in [-0.3, -0.25) is 9.78 Å². The van der Waals surface area contributed by atoms with Crippen LogP contribution in [0.15, 0.2) is 41.7 Å². The summed E-state index contributed by atoms with van der Waals surface area (Å²) >= 11 is 5.68. The van der Waals surface area contributed by atoms with Crippen LogP contribution in [0.25, 0.3) is 0 Å². The Morgan fingerprint density at radius 1 is 1.18 bits per heavy atom. The first-order chi connectivity index (χ1) is 15.5. The summed E-state index contributed by atoms with van der Waals surface area (Å²) in [5, 5.41) is 3.15. The Labute approximate surface area is 190 Å². The molecule has 5 rings (SSSR count). The molecule has 1 saturated heterocycles. The standard InChI is InChI=1S/C22H17ClF5N3O2/c23-15-7-14(4-5-16(15)24)21(22(26,27)28)8-17(30-33-21)13-3-6-18(29-9-13)20(25)10-31(11-20)19(32)12-1-2-12/h3-7,9,12H,1-2,8,10-11H2. The summed E-state index contributed by atoms with van der Waals surface area (Å²) in [6, 6.07) is 5.44. The molecule has 2 aromatic rings. The average Bonchev–Trinajstić information content (AvgIpc) is 3.50. The second-order valence-corrected chi connectivity index (χ2v) is 9.03. The van der Waals surface area contributed by atoms with Crippen molar-refractivity contribution in [3.05, 3.63) is 64.2 Å². The zero-order valence-electron chi connectivity index (χ0n) is 17.0. The lowest BCUT2D eigenvalue weighted by Gasteiger charge is -2.44. The Morgan fingerprint density at radius 3 is 2.48 bits per heavy atom. The molecule has 1 aromatic heterocycles. The zero-order chi connectivity index (χ0) is 23.6. The summed E-state index contributed by atoms with van der Waals surface area (Å²) in [5.74, 6) is -0.915. The van der Waals surface area contributed by atoms with E-state index in [1.165, 1.54) is 23.2 Å². The summed E-state index contributed by atoms with van der Waals surface area (Å²) < 4.78 is 70.7. The molecule has 1 unspecified atom stereocenters. The number of carbonyl (C=O) groups excluding carboxylic acids is 1. The Kier molecular flexibility index (Phi) is 4.93. The molecule has 5 nitrogen and oxygen atoms in total. The van der Waals surface area contributed by atoms with Crippen molar-refractivity contribution < 1.29 is 31.6 Å². The maximum absolute atomic E-state index is 15.1. The number of pyridine rings is 1. The molecule has 1 amide bonds. The summed E-state index contributed by atoms with van der Waals surface area (Å²) in [6.07, 6.45) is -2.68. The summed E-state index contributed by atoms with van der Waals surface area (Å²) in [6.45, 7) is -0.192. The first kappa shape index (κ1) is 22.1. The van der Waals surface area contributed by atoms with Gasteiger partial charge < -0.3 is 9.74 Å². The van der Waals surface area contributed by atoms with Crippen molar-refractivity contribution in [1.82, 2.24) is 9.88 Å². The molecule has 0 bridgehead atoms. The van der Waals surface area contributed by atoms with Gasteiger partial charge in [0.15, 0.2) is 5.67 Å². The highest BCUT2D eigenvalue weighted by Gasteiger charge is 2.62. The highest BCUT2D eigenvalue weighted by molar-refractivity contribution is 6.30. The molecule has 1 saturated carbocycles. The average molecular weight is 486 g/mol. The van der Waals surface area contributed by atoms with Crippen LogP contribution in [0, 0.1) is 11.7 Å². The van der Waals surface area contributed by atoms with Crippen molar-refractivity contribution in [2.24, 2.45) is 11.1 Å². The molecule has 11 heteroatoms. The second kappa shape index (κ2) is 7.38.